The highest BCUT2D eigenvalue weighted by atomic mass is 35.5. The highest BCUT2D eigenvalue weighted by Crippen LogP contribution is 2.37. The number of carbonyl (C=O) groups is 11. The lowest BCUT2D eigenvalue weighted by Gasteiger charge is -2.41. The van der Waals surface area contributed by atoms with Crippen molar-refractivity contribution in [1.29, 1.82) is 5.26 Å². The molecule has 1 saturated carbocycles. The van der Waals surface area contributed by atoms with E-state index < -0.39 is 161 Å². The van der Waals surface area contributed by atoms with Crippen LogP contribution in [0.3, 0.4) is 0 Å². The number of likely N-dealkylation sites (N-methyl/N-ethyl adjacent to an activating group) is 7. The molecule has 3 aliphatic rings. The number of hydrogen-bond acceptors (Lipinski definition) is 12. The van der Waals surface area contributed by atoms with E-state index in [1.165, 1.54) is 81.1 Å². The zero-order valence-corrected chi connectivity index (χ0v) is 56.9. The second-order valence-electron chi connectivity index (χ2n) is 26.2. The van der Waals surface area contributed by atoms with E-state index in [4.69, 9.17) is 11.6 Å². The molecular weight excluding hydrogens is 1230 g/mol. The van der Waals surface area contributed by atoms with Gasteiger partial charge in [0.15, 0.2) is 0 Å². The first-order valence-corrected chi connectivity index (χ1v) is 32.2. The monoisotopic (exact) mass is 1320 g/mol. The Balaban J connectivity index is 1.59. The number of nitrogens with one attached hydrogen (secondary N) is 3. The fraction of sp³-hybridized carbons (Fsp3) is 0.636. The Labute approximate surface area is 549 Å². The summed E-state index contributed by atoms with van der Waals surface area (Å²) >= 11 is 6.11. The van der Waals surface area contributed by atoms with Crippen molar-refractivity contribution in [3.05, 3.63) is 69.7 Å². The second-order valence-corrected chi connectivity index (χ2v) is 26.6. The predicted octanol–water partition coefficient (Wildman–Crippen LogP) is 4.65. The van der Waals surface area contributed by atoms with Gasteiger partial charge in [-0.3, -0.25) is 52.7 Å². The number of rotatable bonds is 10. The Morgan fingerprint density at radius 2 is 1.31 bits per heavy atom. The van der Waals surface area contributed by atoms with E-state index in [9.17, 15) is 61.6 Å². The summed E-state index contributed by atoms with van der Waals surface area (Å²) in [6, 6.07) is 3.30. The lowest BCUT2D eigenvalue weighted by atomic mass is 9.91. The number of nitrogens with zero attached hydrogens (tertiary/aromatic N) is 9. The van der Waals surface area contributed by atoms with Crippen molar-refractivity contribution in [1.82, 2.24) is 55.1 Å². The molecule has 512 valence electrons. The van der Waals surface area contributed by atoms with E-state index in [2.05, 4.69) is 22.0 Å². The number of benzene rings is 2. The maximum atomic E-state index is 15.1. The molecule has 0 aromatic heterocycles. The number of nitriles is 1. The minimum Gasteiger partial charge on any atom is -0.343 e. The smallest absolute Gasteiger partial charge is 0.343 e. The maximum absolute atomic E-state index is 15.1. The summed E-state index contributed by atoms with van der Waals surface area (Å²) in [6.45, 7) is 10.6. The molecule has 8 atom stereocenters. The van der Waals surface area contributed by atoms with Crippen molar-refractivity contribution in [2.24, 2.45) is 17.8 Å². The average Bonchev–Trinajstić information content (AvgIpc) is 1.75. The van der Waals surface area contributed by atoms with Crippen molar-refractivity contribution < 1.29 is 65.9 Å². The van der Waals surface area contributed by atoms with Crippen LogP contribution in [0.15, 0.2) is 42.5 Å². The Morgan fingerprint density at radius 1 is 0.699 bits per heavy atom. The van der Waals surface area contributed by atoms with E-state index in [0.717, 1.165) is 31.7 Å². The van der Waals surface area contributed by atoms with Gasteiger partial charge in [-0.05, 0) is 98.9 Å². The van der Waals surface area contributed by atoms with Gasteiger partial charge in [0.2, 0.25) is 65.0 Å². The minimum atomic E-state index is -4.77. The third-order valence-electron chi connectivity index (χ3n) is 18.5. The summed E-state index contributed by atoms with van der Waals surface area (Å²) in [5.74, 6) is -8.49. The van der Waals surface area contributed by atoms with Crippen LogP contribution in [-0.4, -0.2) is 228 Å². The van der Waals surface area contributed by atoms with Gasteiger partial charge in [-0.15, -0.1) is 0 Å². The summed E-state index contributed by atoms with van der Waals surface area (Å²) in [6.07, 6.45) is -3.13. The van der Waals surface area contributed by atoms with Crippen molar-refractivity contribution in [2.45, 2.75) is 180 Å². The van der Waals surface area contributed by atoms with Crippen molar-refractivity contribution in [2.75, 3.05) is 75.5 Å². The molecule has 23 nitrogen and oxygen atoms in total. The van der Waals surface area contributed by atoms with E-state index in [-0.39, 0.29) is 75.0 Å². The fourth-order valence-corrected chi connectivity index (χ4v) is 12.7. The summed E-state index contributed by atoms with van der Waals surface area (Å²) in [5, 5.41) is 18.0. The lowest BCUT2D eigenvalue weighted by molar-refractivity contribution is -0.152. The molecule has 2 aromatic carbocycles. The molecule has 1 aliphatic carbocycles. The Bertz CT molecular complexity index is 3140. The Hall–Kier alpha value is -7.82. The summed E-state index contributed by atoms with van der Waals surface area (Å²) < 4.78 is 41.4. The molecular formula is C66H94ClF3N12O11. The van der Waals surface area contributed by atoms with Gasteiger partial charge >= 0.3 is 6.18 Å². The lowest BCUT2D eigenvalue weighted by Crippen LogP contribution is -2.64. The van der Waals surface area contributed by atoms with Crippen molar-refractivity contribution in [3.8, 4) is 6.07 Å². The molecule has 3 fully saturated rings. The van der Waals surface area contributed by atoms with E-state index >= 15 is 9.59 Å². The molecule has 2 aromatic rings. The molecule has 11 amide bonds. The second kappa shape index (κ2) is 32.8. The zero-order valence-electron chi connectivity index (χ0n) is 56.2. The van der Waals surface area contributed by atoms with Gasteiger partial charge in [-0.2, -0.15) is 18.4 Å². The molecule has 93 heavy (non-hydrogen) atoms. The SMILES string of the molecule is CC[C@H](C)[C@@H]1NC(=O)[C@H](CC(C)C)N(C)C(=O)C[C@@H](C)N(C)C(=O)[C@H](C(C)C)N(C)C(=O)C2(CCCC2)NC(=O)C2CCCN2C(=O)[C@H](CCc2ccc(C(F)(F)F)c(Cl)c2)NC(=O)CN(C)C(=O)[C@H](Cc2ccccc2C#N)N(C)C(=O)CN(C)C(=O)CN(C)C1=O. The largest absolute Gasteiger partial charge is 0.417 e. The molecule has 2 heterocycles. The van der Waals surface area contributed by atoms with Crippen LogP contribution in [0.4, 0.5) is 13.2 Å². The normalized spacial score (nSPS) is 24.6. The highest BCUT2D eigenvalue weighted by molar-refractivity contribution is 6.31. The van der Waals surface area contributed by atoms with Gasteiger partial charge < -0.3 is 55.1 Å². The average molecular weight is 1320 g/mol. The number of amides is 11. The first-order chi connectivity index (χ1) is 43.5. The van der Waals surface area contributed by atoms with Gasteiger partial charge in [0, 0.05) is 74.8 Å². The van der Waals surface area contributed by atoms with Crippen molar-refractivity contribution in [3.63, 3.8) is 0 Å². The van der Waals surface area contributed by atoms with Crippen LogP contribution in [0, 0.1) is 29.1 Å². The van der Waals surface area contributed by atoms with Gasteiger partial charge in [0.05, 0.1) is 41.9 Å². The first kappa shape index (κ1) is 75.9. The Morgan fingerprint density at radius 3 is 1.90 bits per heavy atom. The van der Waals surface area contributed by atoms with Gasteiger partial charge in [0.1, 0.15) is 41.8 Å². The minimum absolute atomic E-state index is 0.0213. The molecule has 3 N–H and O–H groups in total. The number of halogens is 4. The zero-order chi connectivity index (χ0) is 69.7. The predicted molar refractivity (Wildman–Crippen MR) is 341 cm³/mol. The number of aryl methyl sites for hydroxylation is 1. The van der Waals surface area contributed by atoms with Crippen LogP contribution in [0.2, 0.25) is 5.02 Å². The molecule has 5 rings (SSSR count). The molecule has 2 aliphatic heterocycles. The van der Waals surface area contributed by atoms with Crippen LogP contribution in [-0.2, 0) is 71.8 Å². The summed E-state index contributed by atoms with van der Waals surface area (Å²) in [5.41, 5.74) is -1.80. The van der Waals surface area contributed by atoms with Gasteiger partial charge in [-0.25, -0.2) is 0 Å². The number of carbonyl (C=O) groups excluding carboxylic acids is 11. The molecule has 0 bridgehead atoms. The van der Waals surface area contributed by atoms with Crippen molar-refractivity contribution >= 4 is 76.6 Å². The molecule has 0 radical (unpaired) electrons. The topological polar surface area (TPSA) is 274 Å². The third-order valence-corrected chi connectivity index (χ3v) is 18.8. The van der Waals surface area contributed by atoms with E-state index in [1.54, 1.807) is 45.9 Å². The highest BCUT2D eigenvalue weighted by Gasteiger charge is 2.50. The number of alkyl halides is 3. The summed E-state index contributed by atoms with van der Waals surface area (Å²) in [4.78, 5) is 170. The van der Waals surface area contributed by atoms with E-state index in [0.29, 0.717) is 31.2 Å². The molecule has 1 unspecified atom stereocenters. The van der Waals surface area contributed by atoms with Crippen LogP contribution >= 0.6 is 11.6 Å². The number of hydrogen-bond donors (Lipinski definition) is 3. The molecule has 1 spiro atoms. The van der Waals surface area contributed by atoms with Crippen LogP contribution < -0.4 is 16.0 Å². The van der Waals surface area contributed by atoms with Crippen LogP contribution in [0.25, 0.3) is 0 Å². The van der Waals surface area contributed by atoms with Gasteiger partial charge in [0.25, 0.3) is 0 Å². The molecule has 27 heteroatoms. The third kappa shape index (κ3) is 19.0. The first-order valence-electron chi connectivity index (χ1n) is 31.8. The fourth-order valence-electron chi connectivity index (χ4n) is 12.4. The van der Waals surface area contributed by atoms with E-state index in [1.807, 2.05) is 20.8 Å². The van der Waals surface area contributed by atoms with Crippen LogP contribution in [0.5, 0.6) is 0 Å². The van der Waals surface area contributed by atoms with Gasteiger partial charge in [-0.1, -0.05) is 96.7 Å². The Kier molecular flexibility index (Phi) is 26.8. The molecule has 2 saturated heterocycles. The number of fused-ring (bicyclic) bond motifs is 1. The quantitative estimate of drug-likeness (QED) is 0.293. The maximum Gasteiger partial charge on any atom is 0.417 e. The summed E-state index contributed by atoms with van der Waals surface area (Å²) in [7, 11) is 9.73. The van der Waals surface area contributed by atoms with Crippen LogP contribution in [0.1, 0.15) is 135 Å². The standard InChI is InChI=1S/C66H94ClF3N12O11/c1-15-41(6)56-62(91)77(10)37-54(85)75(8)38-55(86)80(13)51(34-44-21-16-17-22-45(44)35-71)61(90)76(9)36-52(83)72-48(27-25-43-24-26-46(47(67)33-43)66(68,69)70)60(89)82-30-20-23-49(82)59(88)74-65(28-18-19-29-65)64(93)81(14)57(40(4)5)63(92)78(11)42(7)32-53(84)79(12)50(31-39(2)3)58(87)73-56/h16-17,21-22,24,26,33,39-42,48-51,56-57H,15,18-20,23,25,27-32,34,36-38H2,1-14H3,(H,72,83)(H,73,87)(H,74,88)/t41-,42+,48-,49?,50-,51-,56-,57-/m0/s1.